The maximum atomic E-state index is 11.8. The summed E-state index contributed by atoms with van der Waals surface area (Å²) in [5.74, 6) is 0.932. The van der Waals surface area contributed by atoms with Gasteiger partial charge in [0.1, 0.15) is 5.82 Å². The van der Waals surface area contributed by atoms with E-state index in [1.165, 1.54) is 0 Å². The molecule has 1 saturated heterocycles. The number of nitrogens with zero attached hydrogens (tertiary/aromatic N) is 2. The predicted octanol–water partition coefficient (Wildman–Crippen LogP) is 0.0926. The number of rotatable bonds is 4. The lowest BCUT2D eigenvalue weighted by Crippen LogP contribution is -2.30. The summed E-state index contributed by atoms with van der Waals surface area (Å²) in [6.07, 6.45) is 0.605. The zero-order valence-corrected chi connectivity index (χ0v) is 11.8. The summed E-state index contributed by atoms with van der Waals surface area (Å²) in [7, 11) is -2.90. The van der Waals surface area contributed by atoms with Crippen LogP contribution < -0.4 is 5.32 Å². The number of hydrogen-bond acceptors (Lipinski definition) is 5. The van der Waals surface area contributed by atoms with Crippen LogP contribution in [0.15, 0.2) is 0 Å². The second-order valence-electron chi connectivity index (χ2n) is 5.18. The van der Waals surface area contributed by atoms with Gasteiger partial charge in [-0.25, -0.2) is 13.4 Å². The number of nitrogens with one attached hydrogen (secondary N) is 2. The Morgan fingerprint density at radius 1 is 1.53 bits per heavy atom. The second-order valence-corrected chi connectivity index (χ2v) is 7.41. The van der Waals surface area contributed by atoms with Crippen LogP contribution in [0.1, 0.15) is 42.6 Å². The van der Waals surface area contributed by atoms with E-state index < -0.39 is 9.84 Å². The summed E-state index contributed by atoms with van der Waals surface area (Å²) in [6.45, 7) is 4.25. The average molecular weight is 286 g/mol. The molecule has 8 heteroatoms. The lowest BCUT2D eigenvalue weighted by atomic mass is 10.1. The number of sulfone groups is 1. The molecule has 2 heterocycles. The van der Waals surface area contributed by atoms with E-state index in [4.69, 9.17) is 0 Å². The van der Waals surface area contributed by atoms with E-state index in [9.17, 15) is 13.2 Å². The highest BCUT2D eigenvalue weighted by Crippen LogP contribution is 2.17. The molecule has 7 nitrogen and oxygen atoms in total. The van der Waals surface area contributed by atoms with Crippen LogP contribution in [0.2, 0.25) is 0 Å². The standard InChI is InChI=1S/C11H18N4O3S/c1-7(2)9-13-10(15-14-9)11(16)12-5-8-3-4-19(17,18)6-8/h7-8H,3-6H2,1-2H3,(H,12,16)(H,13,14,15). The molecule has 0 aliphatic carbocycles. The molecule has 0 aromatic carbocycles. The maximum Gasteiger partial charge on any atom is 0.290 e. The molecule has 1 aliphatic heterocycles. The van der Waals surface area contributed by atoms with E-state index in [2.05, 4.69) is 20.5 Å². The third-order valence-corrected chi connectivity index (χ3v) is 4.97. The van der Waals surface area contributed by atoms with Crippen molar-refractivity contribution < 1.29 is 13.2 Å². The van der Waals surface area contributed by atoms with Gasteiger partial charge in [0.05, 0.1) is 11.5 Å². The molecule has 1 unspecified atom stereocenters. The molecule has 0 bridgehead atoms. The van der Waals surface area contributed by atoms with Gasteiger partial charge in [-0.15, -0.1) is 5.10 Å². The molecule has 1 aliphatic rings. The van der Waals surface area contributed by atoms with Gasteiger partial charge < -0.3 is 5.32 Å². The summed E-state index contributed by atoms with van der Waals surface area (Å²) in [5.41, 5.74) is 0. The molecular weight excluding hydrogens is 268 g/mol. The van der Waals surface area contributed by atoms with Gasteiger partial charge >= 0.3 is 0 Å². The Labute approximate surface area is 112 Å². The maximum absolute atomic E-state index is 11.8. The highest BCUT2D eigenvalue weighted by molar-refractivity contribution is 7.91. The van der Waals surface area contributed by atoms with Crippen LogP contribution in [0.25, 0.3) is 0 Å². The van der Waals surface area contributed by atoms with Crippen molar-refractivity contribution in [2.75, 3.05) is 18.1 Å². The van der Waals surface area contributed by atoms with Crippen LogP contribution in [0.3, 0.4) is 0 Å². The summed E-state index contributed by atoms with van der Waals surface area (Å²) < 4.78 is 22.6. The van der Waals surface area contributed by atoms with Crippen LogP contribution in [-0.2, 0) is 9.84 Å². The molecule has 106 valence electrons. The Bertz CT molecular complexity index is 564. The van der Waals surface area contributed by atoms with Crippen LogP contribution >= 0.6 is 0 Å². The molecule has 2 N–H and O–H groups in total. The first-order valence-corrected chi connectivity index (χ1v) is 8.10. The SMILES string of the molecule is CC(C)c1nc(C(=O)NCC2CCS(=O)(=O)C2)n[nH]1. The van der Waals surface area contributed by atoms with Gasteiger partial charge in [0.25, 0.3) is 5.91 Å². The molecule has 19 heavy (non-hydrogen) atoms. The fourth-order valence-electron chi connectivity index (χ4n) is 1.98. The van der Waals surface area contributed by atoms with E-state index in [1.807, 2.05) is 13.8 Å². The van der Waals surface area contributed by atoms with Gasteiger partial charge in [0, 0.05) is 12.5 Å². The van der Waals surface area contributed by atoms with E-state index in [0.717, 1.165) is 0 Å². The van der Waals surface area contributed by atoms with E-state index in [0.29, 0.717) is 18.8 Å². The lowest BCUT2D eigenvalue weighted by molar-refractivity contribution is 0.0938. The fourth-order valence-corrected chi connectivity index (χ4v) is 3.85. The highest BCUT2D eigenvalue weighted by Gasteiger charge is 2.28. The largest absolute Gasteiger partial charge is 0.349 e. The molecule has 0 radical (unpaired) electrons. The first kappa shape index (κ1) is 14.0. The Morgan fingerprint density at radius 3 is 2.79 bits per heavy atom. The van der Waals surface area contributed by atoms with Crippen molar-refractivity contribution in [3.8, 4) is 0 Å². The number of carbonyl (C=O) groups is 1. The Hall–Kier alpha value is -1.44. The van der Waals surface area contributed by atoms with Crippen molar-refractivity contribution >= 4 is 15.7 Å². The molecule has 0 saturated carbocycles. The van der Waals surface area contributed by atoms with Crippen molar-refractivity contribution in [3.05, 3.63) is 11.6 Å². The van der Waals surface area contributed by atoms with Crippen LogP contribution in [-0.4, -0.2) is 47.6 Å². The number of amides is 1. The lowest BCUT2D eigenvalue weighted by Gasteiger charge is -2.07. The number of aromatic nitrogens is 3. The first-order valence-electron chi connectivity index (χ1n) is 6.28. The van der Waals surface area contributed by atoms with Crippen LogP contribution in [0.4, 0.5) is 0 Å². The number of hydrogen-bond donors (Lipinski definition) is 2. The Kier molecular flexibility index (Phi) is 3.88. The molecule has 0 spiro atoms. The normalized spacial score (nSPS) is 21.7. The second kappa shape index (κ2) is 5.28. The predicted molar refractivity (Wildman–Crippen MR) is 69.6 cm³/mol. The third kappa shape index (κ3) is 3.52. The zero-order chi connectivity index (χ0) is 14.0. The van der Waals surface area contributed by atoms with Gasteiger partial charge in [-0.2, -0.15) is 0 Å². The summed E-state index contributed by atoms with van der Waals surface area (Å²) in [4.78, 5) is 15.9. The molecule has 1 aromatic heterocycles. The van der Waals surface area contributed by atoms with Crippen molar-refractivity contribution in [2.45, 2.75) is 26.2 Å². The Balaban J connectivity index is 1.87. The van der Waals surface area contributed by atoms with E-state index in [-0.39, 0.29) is 35.1 Å². The molecular formula is C11H18N4O3S. The van der Waals surface area contributed by atoms with Gasteiger partial charge in [0.2, 0.25) is 5.82 Å². The van der Waals surface area contributed by atoms with Gasteiger partial charge in [-0.3, -0.25) is 9.89 Å². The minimum atomic E-state index is -2.90. The van der Waals surface area contributed by atoms with Crippen molar-refractivity contribution in [2.24, 2.45) is 5.92 Å². The number of carbonyl (C=O) groups excluding carboxylic acids is 1. The molecule has 1 amide bonds. The van der Waals surface area contributed by atoms with Crippen LogP contribution in [0.5, 0.6) is 0 Å². The molecule has 2 rings (SSSR count). The van der Waals surface area contributed by atoms with E-state index in [1.54, 1.807) is 0 Å². The number of aromatic amines is 1. The van der Waals surface area contributed by atoms with Gasteiger partial charge in [-0.1, -0.05) is 13.8 Å². The quantitative estimate of drug-likeness (QED) is 0.816. The smallest absolute Gasteiger partial charge is 0.290 e. The Morgan fingerprint density at radius 2 is 2.26 bits per heavy atom. The van der Waals surface area contributed by atoms with Crippen molar-refractivity contribution in [1.29, 1.82) is 0 Å². The van der Waals surface area contributed by atoms with Crippen molar-refractivity contribution in [3.63, 3.8) is 0 Å². The monoisotopic (exact) mass is 286 g/mol. The van der Waals surface area contributed by atoms with Gasteiger partial charge in [0.15, 0.2) is 9.84 Å². The average Bonchev–Trinajstić information content (AvgIpc) is 2.92. The summed E-state index contributed by atoms with van der Waals surface area (Å²) in [6, 6.07) is 0. The summed E-state index contributed by atoms with van der Waals surface area (Å²) >= 11 is 0. The van der Waals surface area contributed by atoms with E-state index >= 15 is 0 Å². The summed E-state index contributed by atoms with van der Waals surface area (Å²) in [5, 5.41) is 9.24. The van der Waals surface area contributed by atoms with Gasteiger partial charge in [-0.05, 0) is 12.3 Å². The minimum absolute atomic E-state index is 0.00235. The van der Waals surface area contributed by atoms with Crippen LogP contribution in [0, 0.1) is 5.92 Å². The van der Waals surface area contributed by atoms with Crippen molar-refractivity contribution in [1.82, 2.24) is 20.5 Å². The highest BCUT2D eigenvalue weighted by atomic mass is 32.2. The first-order chi connectivity index (χ1) is 8.87. The molecule has 1 aromatic rings. The fraction of sp³-hybridized carbons (Fsp3) is 0.727. The zero-order valence-electron chi connectivity index (χ0n) is 11.0. The third-order valence-electron chi connectivity index (χ3n) is 3.13. The minimum Gasteiger partial charge on any atom is -0.349 e. The topological polar surface area (TPSA) is 105 Å². The molecule has 1 fully saturated rings. The molecule has 1 atom stereocenters. The number of H-pyrrole nitrogens is 1.